The largest absolute Gasteiger partial charge is 0.338 e. The van der Waals surface area contributed by atoms with Crippen molar-refractivity contribution in [2.45, 2.75) is 38.6 Å². The molecule has 2 rings (SSSR count). The maximum atomic E-state index is 12.1. The summed E-state index contributed by atoms with van der Waals surface area (Å²) in [4.78, 5) is 13.7. The van der Waals surface area contributed by atoms with Gasteiger partial charge < -0.3 is 10.2 Å². The number of carbonyl (C=O) groups excluding carboxylic acids is 1. The lowest BCUT2D eigenvalue weighted by Gasteiger charge is -2.33. The normalized spacial score (nSPS) is 20.2. The van der Waals surface area contributed by atoms with Crippen LogP contribution in [0.3, 0.4) is 0 Å². The Kier molecular flexibility index (Phi) is 6.45. The maximum Gasteiger partial charge on any atom is 0.317 e. The van der Waals surface area contributed by atoms with E-state index in [2.05, 4.69) is 29.6 Å². The molecule has 5 nitrogen and oxygen atoms in total. The third-order valence-electron chi connectivity index (χ3n) is 4.19. The highest BCUT2D eigenvalue weighted by atomic mass is 32.2. The summed E-state index contributed by atoms with van der Waals surface area (Å²) in [5.74, 6) is 0.138. The van der Waals surface area contributed by atoms with Gasteiger partial charge >= 0.3 is 6.03 Å². The second-order valence-electron chi connectivity index (χ2n) is 6.18. The van der Waals surface area contributed by atoms with Crippen LogP contribution in [-0.4, -0.2) is 50.0 Å². The lowest BCUT2D eigenvalue weighted by atomic mass is 10.1. The molecule has 0 aromatic heterocycles. The molecule has 1 aromatic carbocycles. The number of rotatable bonds is 6. The highest BCUT2D eigenvalue weighted by molar-refractivity contribution is 7.91. The van der Waals surface area contributed by atoms with Gasteiger partial charge in [0.25, 0.3) is 0 Å². The molecule has 0 aliphatic carbocycles. The fourth-order valence-electron chi connectivity index (χ4n) is 2.87. The molecule has 1 N–H and O–H groups in total. The molecule has 128 valence electrons. The van der Waals surface area contributed by atoms with Crippen LogP contribution in [0.1, 0.15) is 31.7 Å². The molecule has 1 atom stereocenters. The van der Waals surface area contributed by atoms with E-state index in [0.29, 0.717) is 13.1 Å². The number of nitrogens with zero attached hydrogens (tertiary/aromatic N) is 1. The number of nitrogens with one attached hydrogen (secondary N) is 1. The molecule has 0 spiro atoms. The van der Waals surface area contributed by atoms with Gasteiger partial charge in [0.1, 0.15) is 0 Å². The van der Waals surface area contributed by atoms with Crippen LogP contribution in [0.25, 0.3) is 0 Å². The molecule has 1 saturated heterocycles. The van der Waals surface area contributed by atoms with Crippen LogP contribution >= 0.6 is 0 Å². The van der Waals surface area contributed by atoms with Gasteiger partial charge in [0.2, 0.25) is 0 Å². The molecule has 23 heavy (non-hydrogen) atoms. The Balaban J connectivity index is 1.60. The summed E-state index contributed by atoms with van der Waals surface area (Å²) in [7, 11) is -2.98. The average Bonchev–Trinajstić information content (AvgIpc) is 2.50. The van der Waals surface area contributed by atoms with Gasteiger partial charge in [-0.1, -0.05) is 36.8 Å². The minimum absolute atomic E-state index is 0.0670. The quantitative estimate of drug-likeness (QED) is 0.809. The Morgan fingerprint density at radius 3 is 2.65 bits per heavy atom. The summed E-state index contributed by atoms with van der Waals surface area (Å²) in [6.07, 6.45) is 4.19. The zero-order valence-electron chi connectivity index (χ0n) is 13.7. The van der Waals surface area contributed by atoms with E-state index in [1.54, 1.807) is 11.8 Å². The van der Waals surface area contributed by atoms with Crippen LogP contribution in [-0.2, 0) is 16.3 Å². The molecule has 1 heterocycles. The summed E-state index contributed by atoms with van der Waals surface area (Å²) in [6.45, 7) is 2.73. The minimum Gasteiger partial charge on any atom is -0.338 e. The first-order valence-electron chi connectivity index (χ1n) is 8.27. The number of hydrogen-bond acceptors (Lipinski definition) is 3. The molecule has 1 aliphatic heterocycles. The lowest BCUT2D eigenvalue weighted by Crippen LogP contribution is -2.53. The number of aryl methyl sites for hydroxylation is 1. The third kappa shape index (κ3) is 5.86. The predicted molar refractivity (Wildman–Crippen MR) is 92.2 cm³/mol. The summed E-state index contributed by atoms with van der Waals surface area (Å²) in [5.41, 5.74) is 1.35. The summed E-state index contributed by atoms with van der Waals surface area (Å²) >= 11 is 0. The fourth-order valence-corrected chi connectivity index (χ4v) is 4.43. The second-order valence-corrected chi connectivity index (χ2v) is 8.41. The third-order valence-corrected chi connectivity index (χ3v) is 5.99. The average molecular weight is 338 g/mol. The lowest BCUT2D eigenvalue weighted by molar-refractivity contribution is 0.185. The Hall–Kier alpha value is -1.56. The van der Waals surface area contributed by atoms with Crippen molar-refractivity contribution in [1.29, 1.82) is 0 Å². The Labute approximate surface area is 139 Å². The van der Waals surface area contributed by atoms with E-state index in [1.807, 2.05) is 6.07 Å². The van der Waals surface area contributed by atoms with Crippen molar-refractivity contribution in [2.24, 2.45) is 0 Å². The molecular formula is C17H26N2O3S. The maximum absolute atomic E-state index is 12.1. The van der Waals surface area contributed by atoms with Crippen molar-refractivity contribution >= 4 is 15.9 Å². The van der Waals surface area contributed by atoms with Crippen molar-refractivity contribution in [1.82, 2.24) is 10.2 Å². The first-order valence-corrected chi connectivity index (χ1v) is 10.1. The van der Waals surface area contributed by atoms with E-state index in [4.69, 9.17) is 0 Å². The number of carbonyl (C=O) groups is 1. The Morgan fingerprint density at radius 2 is 1.96 bits per heavy atom. The Bertz CT molecular complexity index is 602. The van der Waals surface area contributed by atoms with Gasteiger partial charge in [-0.2, -0.15) is 0 Å². The van der Waals surface area contributed by atoms with Crippen LogP contribution in [0.15, 0.2) is 30.3 Å². The van der Waals surface area contributed by atoms with E-state index < -0.39 is 9.84 Å². The number of unbranched alkanes of at least 4 members (excludes halogenated alkanes) is 2. The fraction of sp³-hybridized carbons (Fsp3) is 0.588. The number of urea groups is 1. The molecule has 0 unspecified atom stereocenters. The van der Waals surface area contributed by atoms with Gasteiger partial charge in [-0.15, -0.1) is 0 Å². The molecule has 1 aliphatic rings. The predicted octanol–water partition coefficient (Wildman–Crippen LogP) is 2.23. The highest BCUT2D eigenvalue weighted by Gasteiger charge is 2.30. The highest BCUT2D eigenvalue weighted by Crippen LogP contribution is 2.11. The monoisotopic (exact) mass is 338 g/mol. The van der Waals surface area contributed by atoms with Crippen molar-refractivity contribution in [3.63, 3.8) is 0 Å². The molecule has 0 saturated carbocycles. The van der Waals surface area contributed by atoms with E-state index >= 15 is 0 Å². The van der Waals surface area contributed by atoms with Crippen molar-refractivity contribution in [2.75, 3.05) is 24.6 Å². The van der Waals surface area contributed by atoms with Crippen LogP contribution in [0.4, 0.5) is 4.79 Å². The summed E-state index contributed by atoms with van der Waals surface area (Å²) in [6, 6.07) is 10.0. The zero-order chi connectivity index (χ0) is 16.7. The van der Waals surface area contributed by atoms with Crippen LogP contribution in [0.2, 0.25) is 0 Å². The van der Waals surface area contributed by atoms with E-state index in [9.17, 15) is 13.2 Å². The van der Waals surface area contributed by atoms with Gasteiger partial charge in [-0.3, -0.25) is 0 Å². The van der Waals surface area contributed by atoms with Gasteiger partial charge in [0, 0.05) is 19.1 Å². The summed E-state index contributed by atoms with van der Waals surface area (Å²) in [5, 5.41) is 2.90. The number of sulfone groups is 1. The molecule has 0 radical (unpaired) electrons. The van der Waals surface area contributed by atoms with Crippen LogP contribution in [0, 0.1) is 0 Å². The summed E-state index contributed by atoms with van der Waals surface area (Å²) < 4.78 is 23.0. The van der Waals surface area contributed by atoms with Gasteiger partial charge in [0.15, 0.2) is 9.84 Å². The van der Waals surface area contributed by atoms with Gasteiger partial charge in [-0.05, 0) is 31.7 Å². The van der Waals surface area contributed by atoms with Crippen molar-refractivity contribution in [3.05, 3.63) is 35.9 Å². The number of hydrogen-bond donors (Lipinski definition) is 1. The standard InChI is InChI=1S/C17H26N2O3S/c1-15-14-23(21,22)13-12-19(15)17(20)18-11-7-3-6-10-16-8-4-2-5-9-16/h2,4-5,8-9,15H,3,6-7,10-14H2,1H3,(H,18,20)/t15-/m1/s1. The van der Waals surface area contributed by atoms with E-state index in [0.717, 1.165) is 25.7 Å². The second kappa shape index (κ2) is 8.34. The molecular weight excluding hydrogens is 312 g/mol. The first-order chi connectivity index (χ1) is 11.0. The molecule has 0 bridgehead atoms. The smallest absolute Gasteiger partial charge is 0.317 e. The SMILES string of the molecule is C[C@@H]1CS(=O)(=O)CCN1C(=O)NCCCCCc1ccccc1. The number of amides is 2. The van der Waals surface area contributed by atoms with Gasteiger partial charge in [-0.25, -0.2) is 13.2 Å². The number of benzene rings is 1. The first kappa shape index (κ1) is 17.8. The van der Waals surface area contributed by atoms with E-state index in [1.165, 1.54) is 5.56 Å². The molecule has 6 heteroatoms. The van der Waals surface area contributed by atoms with Crippen molar-refractivity contribution < 1.29 is 13.2 Å². The van der Waals surface area contributed by atoms with E-state index in [-0.39, 0.29) is 23.6 Å². The van der Waals surface area contributed by atoms with Crippen LogP contribution < -0.4 is 5.32 Å². The topological polar surface area (TPSA) is 66.5 Å². The minimum atomic E-state index is -2.98. The van der Waals surface area contributed by atoms with Crippen molar-refractivity contribution in [3.8, 4) is 0 Å². The van der Waals surface area contributed by atoms with Gasteiger partial charge in [0.05, 0.1) is 11.5 Å². The van der Waals surface area contributed by atoms with Crippen LogP contribution in [0.5, 0.6) is 0 Å². The Morgan fingerprint density at radius 1 is 1.22 bits per heavy atom. The molecule has 1 aromatic rings. The molecule has 2 amide bonds. The zero-order valence-corrected chi connectivity index (χ0v) is 14.5. The molecule has 1 fully saturated rings.